The number of carboxylic acids is 1. The van der Waals surface area contributed by atoms with Crippen molar-refractivity contribution < 1.29 is 28.2 Å². The zero-order chi connectivity index (χ0) is 18.8. The smallest absolute Gasteiger partial charge is 0.339 e. The molecule has 1 aliphatic rings. The third-order valence-corrected chi connectivity index (χ3v) is 4.46. The largest absolute Gasteiger partial charge is 0.496 e. The first-order chi connectivity index (χ1) is 12.4. The molecule has 2 aromatic rings. The van der Waals surface area contributed by atoms with Crippen LogP contribution in [-0.2, 0) is 11.3 Å². The standard InChI is InChI=1S/C19H17F2NO4/c1-26-17-6-10(2-4-12(17)19(24)25)9-22-18(23)14-8-13(14)11-3-5-15(20)16(21)7-11/h2-7,13-14H,8-9H2,1H3,(H,22,23)(H,24,25). The normalized spacial score (nSPS) is 18.3. The Bertz CT molecular complexity index is 869. The lowest BCUT2D eigenvalue weighted by atomic mass is 10.1. The molecule has 1 aliphatic carbocycles. The van der Waals surface area contributed by atoms with E-state index in [1.54, 1.807) is 12.1 Å². The van der Waals surface area contributed by atoms with Crippen molar-refractivity contribution in [3.05, 3.63) is 64.7 Å². The van der Waals surface area contributed by atoms with Crippen LogP contribution < -0.4 is 10.1 Å². The van der Waals surface area contributed by atoms with Gasteiger partial charge >= 0.3 is 5.97 Å². The molecule has 0 aromatic heterocycles. The second kappa shape index (κ2) is 7.11. The first-order valence-electron chi connectivity index (χ1n) is 8.03. The highest BCUT2D eigenvalue weighted by atomic mass is 19.2. The highest BCUT2D eigenvalue weighted by molar-refractivity contribution is 5.91. The molecule has 5 nitrogen and oxygen atoms in total. The van der Waals surface area contributed by atoms with Crippen LogP contribution in [0.1, 0.15) is 33.8 Å². The Morgan fingerprint density at radius 3 is 2.62 bits per heavy atom. The van der Waals surface area contributed by atoms with Gasteiger partial charge in [0.05, 0.1) is 7.11 Å². The first kappa shape index (κ1) is 17.8. The zero-order valence-electron chi connectivity index (χ0n) is 14.0. The molecule has 0 heterocycles. The number of carboxylic acid groups (broad SMARTS) is 1. The zero-order valence-corrected chi connectivity index (χ0v) is 14.0. The molecule has 0 saturated heterocycles. The quantitative estimate of drug-likeness (QED) is 0.829. The third kappa shape index (κ3) is 3.66. The van der Waals surface area contributed by atoms with E-state index in [0.29, 0.717) is 17.5 Å². The van der Waals surface area contributed by atoms with Gasteiger partial charge in [0.25, 0.3) is 0 Å². The summed E-state index contributed by atoms with van der Waals surface area (Å²) in [6, 6.07) is 8.27. The van der Waals surface area contributed by atoms with Crippen LogP contribution in [0.5, 0.6) is 5.75 Å². The second-order valence-corrected chi connectivity index (χ2v) is 6.18. The number of methoxy groups -OCH3 is 1. The molecule has 26 heavy (non-hydrogen) atoms. The molecule has 2 aromatic carbocycles. The van der Waals surface area contributed by atoms with Gasteiger partial charge in [-0.15, -0.1) is 0 Å². The average Bonchev–Trinajstić information content (AvgIpc) is 3.42. The van der Waals surface area contributed by atoms with E-state index < -0.39 is 17.6 Å². The number of benzene rings is 2. The van der Waals surface area contributed by atoms with E-state index in [-0.39, 0.29) is 35.6 Å². The van der Waals surface area contributed by atoms with Crippen molar-refractivity contribution in [1.82, 2.24) is 5.32 Å². The van der Waals surface area contributed by atoms with Crippen molar-refractivity contribution in [2.45, 2.75) is 18.9 Å². The number of amides is 1. The SMILES string of the molecule is COc1cc(CNC(=O)C2CC2c2ccc(F)c(F)c2)ccc1C(=O)O. The number of rotatable bonds is 6. The number of nitrogens with one attached hydrogen (secondary N) is 1. The molecule has 2 N–H and O–H groups in total. The predicted molar refractivity (Wildman–Crippen MR) is 89.0 cm³/mol. The van der Waals surface area contributed by atoms with Crippen molar-refractivity contribution in [2.75, 3.05) is 7.11 Å². The molecule has 0 bridgehead atoms. The fourth-order valence-electron chi connectivity index (χ4n) is 2.94. The summed E-state index contributed by atoms with van der Waals surface area (Å²) in [5.41, 5.74) is 1.35. The summed E-state index contributed by atoms with van der Waals surface area (Å²) >= 11 is 0. The van der Waals surface area contributed by atoms with Gasteiger partial charge in [-0.05, 0) is 47.7 Å². The van der Waals surface area contributed by atoms with Crippen LogP contribution in [0.4, 0.5) is 8.78 Å². The third-order valence-electron chi connectivity index (χ3n) is 4.46. The van der Waals surface area contributed by atoms with Crippen LogP contribution in [0.15, 0.2) is 36.4 Å². The molecule has 0 radical (unpaired) electrons. The molecule has 0 spiro atoms. The molecule has 2 unspecified atom stereocenters. The van der Waals surface area contributed by atoms with Gasteiger partial charge in [-0.3, -0.25) is 4.79 Å². The lowest BCUT2D eigenvalue weighted by molar-refractivity contribution is -0.122. The van der Waals surface area contributed by atoms with Crippen LogP contribution in [-0.4, -0.2) is 24.1 Å². The maximum atomic E-state index is 13.3. The Labute approximate surface area is 148 Å². The summed E-state index contributed by atoms with van der Waals surface area (Å²) in [4.78, 5) is 23.3. The molecule has 2 atom stereocenters. The average molecular weight is 361 g/mol. The number of carbonyl (C=O) groups is 2. The fraction of sp³-hybridized carbons (Fsp3) is 0.263. The number of hydrogen-bond acceptors (Lipinski definition) is 3. The van der Waals surface area contributed by atoms with Crippen molar-refractivity contribution in [3.63, 3.8) is 0 Å². The van der Waals surface area contributed by atoms with E-state index in [2.05, 4.69) is 5.32 Å². The van der Waals surface area contributed by atoms with Gasteiger partial charge in [-0.2, -0.15) is 0 Å². The molecule has 1 saturated carbocycles. The Morgan fingerprint density at radius 2 is 1.96 bits per heavy atom. The minimum Gasteiger partial charge on any atom is -0.496 e. The van der Waals surface area contributed by atoms with Gasteiger partial charge in [0.1, 0.15) is 11.3 Å². The summed E-state index contributed by atoms with van der Waals surface area (Å²) in [6.07, 6.45) is 0.582. The molecule has 0 aliphatic heterocycles. The van der Waals surface area contributed by atoms with Crippen molar-refractivity contribution in [3.8, 4) is 5.75 Å². The summed E-state index contributed by atoms with van der Waals surface area (Å²) < 4.78 is 31.3. The number of ether oxygens (including phenoxy) is 1. The molecule has 7 heteroatoms. The number of hydrogen-bond donors (Lipinski definition) is 2. The van der Waals surface area contributed by atoms with Crippen molar-refractivity contribution >= 4 is 11.9 Å². The lowest BCUT2D eigenvalue weighted by Gasteiger charge is -2.09. The maximum absolute atomic E-state index is 13.3. The second-order valence-electron chi connectivity index (χ2n) is 6.18. The molecule has 1 amide bonds. The number of halogens is 2. The number of carbonyl (C=O) groups excluding carboxylic acids is 1. The Hall–Kier alpha value is -2.96. The minimum atomic E-state index is -1.09. The summed E-state index contributed by atoms with van der Waals surface area (Å²) in [5.74, 6) is -3.27. The fourth-order valence-corrected chi connectivity index (χ4v) is 2.94. The van der Waals surface area contributed by atoms with E-state index in [1.807, 2.05) is 0 Å². The van der Waals surface area contributed by atoms with Gasteiger partial charge in [-0.1, -0.05) is 12.1 Å². The first-order valence-corrected chi connectivity index (χ1v) is 8.03. The van der Waals surface area contributed by atoms with Crippen LogP contribution in [0, 0.1) is 17.6 Å². The molecular weight excluding hydrogens is 344 g/mol. The van der Waals surface area contributed by atoms with E-state index >= 15 is 0 Å². The van der Waals surface area contributed by atoms with Gasteiger partial charge in [0.15, 0.2) is 11.6 Å². The predicted octanol–water partition coefficient (Wildman–Crippen LogP) is 3.09. The van der Waals surface area contributed by atoms with Crippen molar-refractivity contribution in [2.24, 2.45) is 5.92 Å². The summed E-state index contributed by atoms with van der Waals surface area (Å²) in [7, 11) is 1.38. The van der Waals surface area contributed by atoms with Gasteiger partial charge < -0.3 is 15.2 Å². The summed E-state index contributed by atoms with van der Waals surface area (Å²) in [5, 5.41) is 11.8. The van der Waals surface area contributed by atoms with E-state index in [9.17, 15) is 18.4 Å². The topological polar surface area (TPSA) is 75.6 Å². The maximum Gasteiger partial charge on any atom is 0.339 e. The van der Waals surface area contributed by atoms with Crippen LogP contribution >= 0.6 is 0 Å². The van der Waals surface area contributed by atoms with E-state index in [0.717, 1.165) is 12.1 Å². The van der Waals surface area contributed by atoms with Gasteiger partial charge in [0, 0.05) is 12.5 Å². The van der Waals surface area contributed by atoms with Crippen LogP contribution in [0.25, 0.3) is 0 Å². The molecule has 1 fully saturated rings. The highest BCUT2D eigenvalue weighted by Gasteiger charge is 2.44. The monoisotopic (exact) mass is 361 g/mol. The Morgan fingerprint density at radius 1 is 1.19 bits per heavy atom. The van der Waals surface area contributed by atoms with E-state index in [4.69, 9.17) is 9.84 Å². The van der Waals surface area contributed by atoms with Gasteiger partial charge in [0.2, 0.25) is 5.91 Å². The Balaban J connectivity index is 1.60. The van der Waals surface area contributed by atoms with Crippen LogP contribution in [0.3, 0.4) is 0 Å². The molecule has 3 rings (SSSR count). The van der Waals surface area contributed by atoms with Gasteiger partial charge in [-0.25, -0.2) is 13.6 Å². The Kier molecular flexibility index (Phi) is 4.88. The minimum absolute atomic E-state index is 0.0446. The highest BCUT2D eigenvalue weighted by Crippen LogP contribution is 2.47. The number of aromatic carboxylic acids is 1. The summed E-state index contributed by atoms with van der Waals surface area (Å²) in [6.45, 7) is 0.218. The van der Waals surface area contributed by atoms with E-state index in [1.165, 1.54) is 19.2 Å². The molecular formula is C19H17F2NO4. The van der Waals surface area contributed by atoms with Crippen molar-refractivity contribution in [1.29, 1.82) is 0 Å². The van der Waals surface area contributed by atoms with Crippen LogP contribution in [0.2, 0.25) is 0 Å². The molecule has 136 valence electrons. The lowest BCUT2D eigenvalue weighted by Crippen LogP contribution is -2.25.